The van der Waals surface area contributed by atoms with Gasteiger partial charge in [0.2, 0.25) is 5.91 Å². The van der Waals surface area contributed by atoms with Crippen LogP contribution in [0.15, 0.2) is 66.0 Å². The number of carbonyl (C=O) groups excluding carboxylic acids is 2. The third-order valence-corrected chi connectivity index (χ3v) is 5.80. The van der Waals surface area contributed by atoms with Crippen molar-refractivity contribution in [1.29, 1.82) is 0 Å². The highest BCUT2D eigenvalue weighted by Crippen LogP contribution is 2.27. The van der Waals surface area contributed by atoms with Crippen LogP contribution in [0.1, 0.15) is 52.2 Å². The van der Waals surface area contributed by atoms with Crippen LogP contribution < -0.4 is 16.0 Å². The molecule has 2 amide bonds. The van der Waals surface area contributed by atoms with Crippen LogP contribution in [0.3, 0.4) is 0 Å². The number of carbonyl (C=O) groups is 2. The number of thiophene rings is 1. The Balaban J connectivity index is 1.69. The molecule has 156 valence electrons. The van der Waals surface area contributed by atoms with Crippen molar-refractivity contribution in [2.75, 3.05) is 18.9 Å². The molecule has 0 spiro atoms. The predicted octanol–water partition coefficient (Wildman–Crippen LogP) is 4.55. The Labute approximate surface area is 181 Å². The summed E-state index contributed by atoms with van der Waals surface area (Å²) < 4.78 is 0. The normalized spacial score (nSPS) is 11.9. The number of hydrogen-bond donors (Lipinski definition) is 3. The zero-order valence-electron chi connectivity index (χ0n) is 17.4. The molecule has 0 aliphatic heterocycles. The first-order chi connectivity index (χ1) is 14.5. The fourth-order valence-electron chi connectivity index (χ4n) is 3.19. The predicted molar refractivity (Wildman–Crippen MR) is 123 cm³/mol. The van der Waals surface area contributed by atoms with Crippen LogP contribution in [0.2, 0.25) is 0 Å². The van der Waals surface area contributed by atoms with Gasteiger partial charge in [-0.3, -0.25) is 14.9 Å². The summed E-state index contributed by atoms with van der Waals surface area (Å²) in [6.07, 6.45) is 0. The second kappa shape index (κ2) is 10.2. The minimum Gasteiger partial charge on any atom is -0.355 e. The van der Waals surface area contributed by atoms with Crippen molar-refractivity contribution in [1.82, 2.24) is 10.6 Å². The Morgan fingerprint density at radius 1 is 0.967 bits per heavy atom. The van der Waals surface area contributed by atoms with Crippen LogP contribution >= 0.6 is 11.3 Å². The van der Waals surface area contributed by atoms with Gasteiger partial charge in [-0.2, -0.15) is 0 Å². The van der Waals surface area contributed by atoms with Crippen molar-refractivity contribution >= 4 is 28.8 Å². The number of amides is 2. The topological polar surface area (TPSA) is 70.2 Å². The second-order valence-electron chi connectivity index (χ2n) is 7.36. The molecule has 0 fully saturated rings. The minimum absolute atomic E-state index is 0.0610. The summed E-state index contributed by atoms with van der Waals surface area (Å²) in [5.74, 6) is 0.125. The molecule has 0 bridgehead atoms. The molecule has 1 heterocycles. The van der Waals surface area contributed by atoms with E-state index in [1.165, 1.54) is 5.56 Å². The molecule has 0 saturated heterocycles. The van der Waals surface area contributed by atoms with Gasteiger partial charge in [0.1, 0.15) is 0 Å². The monoisotopic (exact) mass is 421 g/mol. The Morgan fingerprint density at radius 3 is 2.33 bits per heavy atom. The average molecular weight is 422 g/mol. The first-order valence-corrected chi connectivity index (χ1v) is 10.8. The number of nitrogens with one attached hydrogen (secondary N) is 3. The van der Waals surface area contributed by atoms with E-state index < -0.39 is 0 Å². The molecular formula is C24H27N3O2S. The van der Waals surface area contributed by atoms with E-state index in [-0.39, 0.29) is 24.4 Å². The Morgan fingerprint density at radius 2 is 1.70 bits per heavy atom. The fraction of sp³-hybridized carbons (Fsp3) is 0.250. The van der Waals surface area contributed by atoms with Crippen molar-refractivity contribution < 1.29 is 9.59 Å². The summed E-state index contributed by atoms with van der Waals surface area (Å²) in [4.78, 5) is 25.5. The standard InChI is InChI=1S/C24H27N3O2S/c1-16(2)17-9-11-18(12-10-17)23(21-8-5-13-30-21)26-15-22(28)27-20-7-4-6-19(14-20)24(29)25-3/h4-14,16,23,26H,15H2,1-3H3,(H,25,29)(H,27,28)/t23-/m1/s1. The smallest absolute Gasteiger partial charge is 0.251 e. The van der Waals surface area contributed by atoms with E-state index in [9.17, 15) is 9.59 Å². The minimum atomic E-state index is -0.188. The van der Waals surface area contributed by atoms with Gasteiger partial charge in [-0.25, -0.2) is 0 Å². The molecule has 0 unspecified atom stereocenters. The summed E-state index contributed by atoms with van der Waals surface area (Å²) >= 11 is 1.66. The van der Waals surface area contributed by atoms with Gasteiger partial charge in [0.25, 0.3) is 5.91 Å². The molecule has 3 N–H and O–H groups in total. The molecule has 0 aliphatic carbocycles. The van der Waals surface area contributed by atoms with Gasteiger partial charge in [0, 0.05) is 23.2 Å². The molecule has 3 aromatic rings. The van der Waals surface area contributed by atoms with Crippen molar-refractivity contribution in [3.8, 4) is 0 Å². The molecule has 1 atom stereocenters. The SMILES string of the molecule is CNC(=O)c1cccc(NC(=O)CN[C@H](c2ccc(C(C)C)cc2)c2cccs2)c1. The molecule has 3 rings (SSSR count). The zero-order chi connectivity index (χ0) is 21.5. The van der Waals surface area contributed by atoms with Crippen LogP contribution in [0.4, 0.5) is 5.69 Å². The zero-order valence-corrected chi connectivity index (χ0v) is 18.3. The maximum atomic E-state index is 12.5. The number of rotatable bonds is 8. The first-order valence-electron chi connectivity index (χ1n) is 9.96. The van der Waals surface area contributed by atoms with Gasteiger partial charge in [-0.1, -0.05) is 50.2 Å². The van der Waals surface area contributed by atoms with Gasteiger partial charge < -0.3 is 10.6 Å². The van der Waals surface area contributed by atoms with Gasteiger partial charge >= 0.3 is 0 Å². The van der Waals surface area contributed by atoms with Gasteiger partial charge in [-0.05, 0) is 46.7 Å². The lowest BCUT2D eigenvalue weighted by Gasteiger charge is -2.19. The van der Waals surface area contributed by atoms with E-state index in [4.69, 9.17) is 0 Å². The van der Waals surface area contributed by atoms with Crippen molar-refractivity contribution in [3.05, 3.63) is 87.6 Å². The van der Waals surface area contributed by atoms with E-state index in [1.807, 2.05) is 11.4 Å². The van der Waals surface area contributed by atoms with E-state index in [0.717, 1.165) is 10.4 Å². The average Bonchev–Trinajstić information content (AvgIpc) is 3.28. The maximum absolute atomic E-state index is 12.5. The third-order valence-electron chi connectivity index (χ3n) is 4.87. The van der Waals surface area contributed by atoms with Crippen LogP contribution in [0, 0.1) is 0 Å². The van der Waals surface area contributed by atoms with E-state index in [1.54, 1.807) is 42.6 Å². The summed E-state index contributed by atoms with van der Waals surface area (Å²) in [7, 11) is 1.58. The van der Waals surface area contributed by atoms with Crippen LogP contribution in [0.5, 0.6) is 0 Å². The molecule has 0 aliphatic rings. The highest BCUT2D eigenvalue weighted by Gasteiger charge is 2.17. The largest absolute Gasteiger partial charge is 0.355 e. The highest BCUT2D eigenvalue weighted by atomic mass is 32.1. The Hall–Kier alpha value is -2.96. The summed E-state index contributed by atoms with van der Waals surface area (Å²) in [5, 5.41) is 10.9. The lowest BCUT2D eigenvalue weighted by molar-refractivity contribution is -0.115. The third kappa shape index (κ3) is 5.55. The summed E-state index contributed by atoms with van der Waals surface area (Å²) in [6, 6.07) is 19.5. The van der Waals surface area contributed by atoms with Crippen LogP contribution in [-0.4, -0.2) is 25.4 Å². The lowest BCUT2D eigenvalue weighted by Crippen LogP contribution is -2.31. The van der Waals surface area contributed by atoms with Crippen molar-refractivity contribution in [2.45, 2.75) is 25.8 Å². The Bertz CT molecular complexity index is 982. The highest BCUT2D eigenvalue weighted by molar-refractivity contribution is 7.10. The second-order valence-corrected chi connectivity index (χ2v) is 8.34. The van der Waals surface area contributed by atoms with Gasteiger partial charge in [0.05, 0.1) is 12.6 Å². The number of benzene rings is 2. The van der Waals surface area contributed by atoms with Crippen LogP contribution in [-0.2, 0) is 4.79 Å². The Kier molecular flexibility index (Phi) is 7.38. The van der Waals surface area contributed by atoms with E-state index >= 15 is 0 Å². The molecule has 5 nitrogen and oxygen atoms in total. The summed E-state index contributed by atoms with van der Waals surface area (Å²) in [5.41, 5.74) is 3.51. The molecular weight excluding hydrogens is 394 g/mol. The number of hydrogen-bond acceptors (Lipinski definition) is 4. The molecule has 30 heavy (non-hydrogen) atoms. The lowest BCUT2D eigenvalue weighted by atomic mass is 9.98. The molecule has 1 aromatic heterocycles. The van der Waals surface area contributed by atoms with E-state index in [0.29, 0.717) is 17.2 Å². The number of anilines is 1. The first kappa shape index (κ1) is 21.7. The van der Waals surface area contributed by atoms with Crippen molar-refractivity contribution in [2.24, 2.45) is 0 Å². The van der Waals surface area contributed by atoms with Crippen LogP contribution in [0.25, 0.3) is 0 Å². The molecule has 0 saturated carbocycles. The quantitative estimate of drug-likeness (QED) is 0.500. The fourth-order valence-corrected chi connectivity index (χ4v) is 4.02. The molecule has 2 aromatic carbocycles. The molecule has 6 heteroatoms. The van der Waals surface area contributed by atoms with E-state index in [2.05, 4.69) is 60.1 Å². The maximum Gasteiger partial charge on any atom is 0.251 e. The van der Waals surface area contributed by atoms with Gasteiger partial charge in [0.15, 0.2) is 0 Å². The van der Waals surface area contributed by atoms with Crippen molar-refractivity contribution in [3.63, 3.8) is 0 Å². The summed E-state index contributed by atoms with van der Waals surface area (Å²) in [6.45, 7) is 4.50. The van der Waals surface area contributed by atoms with Gasteiger partial charge in [-0.15, -0.1) is 11.3 Å². The molecule has 0 radical (unpaired) electrons.